The number of carbonyl (C=O) groups excluding carboxylic acids is 1. The number of esters is 1. The van der Waals surface area contributed by atoms with E-state index in [0.717, 1.165) is 31.3 Å². The van der Waals surface area contributed by atoms with Gasteiger partial charge in [0.25, 0.3) is 0 Å². The minimum absolute atomic E-state index is 0.0741. The van der Waals surface area contributed by atoms with Gasteiger partial charge >= 0.3 is 5.97 Å². The Balaban J connectivity index is 3.25. The molecular formula is C20H32O3. The van der Waals surface area contributed by atoms with Gasteiger partial charge in [-0.2, -0.15) is 0 Å². The fourth-order valence-electron chi connectivity index (χ4n) is 2.22. The maximum Gasteiger partial charge on any atom is 0.330 e. The first-order valence-electron chi connectivity index (χ1n) is 8.59. The number of ether oxygens (including phenoxy) is 1. The van der Waals surface area contributed by atoms with Crippen LogP contribution in [0.5, 0.6) is 0 Å². The highest BCUT2D eigenvalue weighted by Gasteiger charge is 1.96. The summed E-state index contributed by atoms with van der Waals surface area (Å²) >= 11 is 0. The quantitative estimate of drug-likeness (QED) is 0.136. The summed E-state index contributed by atoms with van der Waals surface area (Å²) in [5.41, 5.74) is 1.04. The minimum Gasteiger partial charge on any atom is -0.509 e. The zero-order chi connectivity index (χ0) is 17.3. The van der Waals surface area contributed by atoms with Crippen LogP contribution < -0.4 is 0 Å². The molecule has 130 valence electrons. The van der Waals surface area contributed by atoms with Crippen molar-refractivity contribution < 1.29 is 14.6 Å². The molecule has 0 aromatic heterocycles. The third-order valence-corrected chi connectivity index (χ3v) is 3.56. The van der Waals surface area contributed by atoms with Gasteiger partial charge in [0, 0.05) is 6.08 Å². The molecule has 0 fully saturated rings. The lowest BCUT2D eigenvalue weighted by Gasteiger charge is -2.04. The predicted octanol–water partition coefficient (Wildman–Crippen LogP) is 5.80. The van der Waals surface area contributed by atoms with Gasteiger partial charge in [0.2, 0.25) is 0 Å². The first-order chi connectivity index (χ1) is 11.1. The van der Waals surface area contributed by atoms with E-state index < -0.39 is 0 Å². The van der Waals surface area contributed by atoms with Gasteiger partial charge in [0.05, 0.1) is 6.61 Å². The van der Waals surface area contributed by atoms with Crippen LogP contribution in [0.2, 0.25) is 0 Å². The molecule has 23 heavy (non-hydrogen) atoms. The van der Waals surface area contributed by atoms with Gasteiger partial charge in [-0.3, -0.25) is 0 Å². The monoisotopic (exact) mass is 320 g/mol. The number of allylic oxidation sites excluding steroid dienone is 3. The Bertz CT molecular complexity index is 394. The molecule has 0 rings (SSSR count). The summed E-state index contributed by atoms with van der Waals surface area (Å²) in [5, 5.41) is 8.95. The van der Waals surface area contributed by atoms with E-state index in [1.165, 1.54) is 44.6 Å². The largest absolute Gasteiger partial charge is 0.509 e. The van der Waals surface area contributed by atoms with E-state index in [1.54, 1.807) is 6.08 Å². The van der Waals surface area contributed by atoms with Crippen molar-refractivity contribution in [2.24, 2.45) is 0 Å². The molecule has 0 atom stereocenters. The SMILES string of the molecule is C=CC(=O)OCCCCCCCCCCCC(=C)/C=C\C(=C)O. The molecule has 0 saturated heterocycles. The molecule has 0 spiro atoms. The fraction of sp³-hybridized carbons (Fsp3) is 0.550. The summed E-state index contributed by atoms with van der Waals surface area (Å²) in [6, 6.07) is 0. The van der Waals surface area contributed by atoms with Gasteiger partial charge in [-0.25, -0.2) is 4.79 Å². The first-order valence-corrected chi connectivity index (χ1v) is 8.59. The summed E-state index contributed by atoms with van der Waals surface area (Å²) in [6.45, 7) is 11.2. The van der Waals surface area contributed by atoms with E-state index in [-0.39, 0.29) is 11.7 Å². The Morgan fingerprint density at radius 2 is 1.39 bits per heavy atom. The number of hydrogen-bond acceptors (Lipinski definition) is 3. The lowest BCUT2D eigenvalue weighted by molar-refractivity contribution is -0.137. The van der Waals surface area contributed by atoms with E-state index in [1.807, 2.05) is 6.08 Å². The summed E-state index contributed by atoms with van der Waals surface area (Å²) in [6.07, 6.45) is 16.3. The zero-order valence-electron chi connectivity index (χ0n) is 14.4. The van der Waals surface area contributed by atoms with Gasteiger partial charge < -0.3 is 9.84 Å². The molecule has 1 N–H and O–H groups in total. The molecule has 0 aliphatic carbocycles. The molecule has 0 aromatic carbocycles. The Morgan fingerprint density at radius 3 is 1.91 bits per heavy atom. The third kappa shape index (κ3) is 16.4. The first kappa shape index (κ1) is 21.2. The maximum atomic E-state index is 10.8. The molecule has 0 unspecified atom stereocenters. The summed E-state index contributed by atoms with van der Waals surface area (Å²) in [4.78, 5) is 10.8. The summed E-state index contributed by atoms with van der Waals surface area (Å²) < 4.78 is 4.93. The van der Waals surface area contributed by atoms with E-state index in [9.17, 15) is 4.79 Å². The predicted molar refractivity (Wildman–Crippen MR) is 97.4 cm³/mol. The van der Waals surface area contributed by atoms with Crippen LogP contribution in [0.1, 0.15) is 64.2 Å². The van der Waals surface area contributed by atoms with Crippen molar-refractivity contribution in [1.29, 1.82) is 0 Å². The second-order valence-corrected chi connectivity index (χ2v) is 5.79. The van der Waals surface area contributed by atoms with Crippen LogP contribution in [-0.2, 0) is 9.53 Å². The summed E-state index contributed by atoms with van der Waals surface area (Å²) in [7, 11) is 0. The zero-order valence-corrected chi connectivity index (χ0v) is 14.4. The highest BCUT2D eigenvalue weighted by Crippen LogP contribution is 2.13. The fourth-order valence-corrected chi connectivity index (χ4v) is 2.22. The van der Waals surface area contributed by atoms with Crippen LogP contribution >= 0.6 is 0 Å². The molecule has 0 heterocycles. The van der Waals surface area contributed by atoms with Gasteiger partial charge in [-0.05, 0) is 25.3 Å². The molecule has 0 bridgehead atoms. The molecule has 0 saturated carbocycles. The second kappa shape index (κ2) is 15.1. The molecule has 3 nitrogen and oxygen atoms in total. The van der Waals surface area contributed by atoms with Gasteiger partial charge in [0.15, 0.2) is 0 Å². The normalized spacial score (nSPS) is 10.6. The smallest absolute Gasteiger partial charge is 0.330 e. The molecule has 3 heteroatoms. The molecule has 0 aliphatic heterocycles. The van der Waals surface area contributed by atoms with Crippen molar-refractivity contribution >= 4 is 5.97 Å². The molecule has 0 amide bonds. The number of rotatable bonds is 15. The van der Waals surface area contributed by atoms with E-state index >= 15 is 0 Å². The van der Waals surface area contributed by atoms with E-state index in [2.05, 4.69) is 19.7 Å². The van der Waals surface area contributed by atoms with Crippen LogP contribution in [0, 0.1) is 0 Å². The Labute approximate surface area is 141 Å². The Kier molecular flexibility index (Phi) is 14.0. The van der Waals surface area contributed by atoms with Gasteiger partial charge in [-0.15, -0.1) is 0 Å². The second-order valence-electron chi connectivity index (χ2n) is 5.79. The van der Waals surface area contributed by atoms with Crippen molar-refractivity contribution in [1.82, 2.24) is 0 Å². The lowest BCUT2D eigenvalue weighted by atomic mass is 10.0. The third-order valence-electron chi connectivity index (χ3n) is 3.56. The molecule has 0 radical (unpaired) electrons. The average Bonchev–Trinajstić information content (AvgIpc) is 2.53. The lowest BCUT2D eigenvalue weighted by Crippen LogP contribution is -2.01. The topological polar surface area (TPSA) is 46.5 Å². The van der Waals surface area contributed by atoms with Crippen LogP contribution in [0.15, 0.2) is 49.3 Å². The molecule has 0 aliphatic rings. The maximum absolute atomic E-state index is 10.8. The number of aliphatic hydroxyl groups excluding tert-OH is 1. The van der Waals surface area contributed by atoms with Crippen LogP contribution in [0.3, 0.4) is 0 Å². The van der Waals surface area contributed by atoms with Gasteiger partial charge in [0.1, 0.15) is 5.76 Å². The van der Waals surface area contributed by atoms with Crippen molar-refractivity contribution in [2.45, 2.75) is 64.2 Å². The Hall–Kier alpha value is -1.77. The molecular weight excluding hydrogens is 288 g/mol. The minimum atomic E-state index is -0.329. The number of hydrogen-bond donors (Lipinski definition) is 1. The number of unbranched alkanes of at least 4 members (excludes halogenated alkanes) is 8. The molecule has 0 aromatic rings. The number of aliphatic hydroxyl groups is 1. The van der Waals surface area contributed by atoms with Crippen molar-refractivity contribution in [2.75, 3.05) is 6.61 Å². The van der Waals surface area contributed by atoms with Crippen molar-refractivity contribution in [3.8, 4) is 0 Å². The van der Waals surface area contributed by atoms with Crippen LogP contribution in [0.4, 0.5) is 0 Å². The van der Waals surface area contributed by atoms with Crippen molar-refractivity contribution in [3.05, 3.63) is 49.3 Å². The standard InChI is InChI=1S/C20H32O3/c1-4-20(22)23-17-13-11-9-7-5-6-8-10-12-14-18(2)15-16-19(3)21/h4,15-16,21H,1-3,5-14,17H2/b16-15-. The number of carbonyl (C=O) groups is 1. The van der Waals surface area contributed by atoms with Crippen LogP contribution in [0.25, 0.3) is 0 Å². The van der Waals surface area contributed by atoms with Gasteiger partial charge in [-0.1, -0.05) is 76.3 Å². The Morgan fingerprint density at radius 1 is 0.870 bits per heavy atom. The highest BCUT2D eigenvalue weighted by atomic mass is 16.5. The van der Waals surface area contributed by atoms with Crippen molar-refractivity contribution in [3.63, 3.8) is 0 Å². The van der Waals surface area contributed by atoms with E-state index in [0.29, 0.717) is 6.61 Å². The highest BCUT2D eigenvalue weighted by molar-refractivity contribution is 5.81. The summed E-state index contributed by atoms with van der Waals surface area (Å²) in [5.74, 6) is -0.255. The van der Waals surface area contributed by atoms with E-state index in [4.69, 9.17) is 9.84 Å². The van der Waals surface area contributed by atoms with Crippen LogP contribution in [-0.4, -0.2) is 17.7 Å². The average molecular weight is 320 g/mol.